The van der Waals surface area contributed by atoms with Gasteiger partial charge in [0.25, 0.3) is 5.91 Å². The molecule has 3 rings (SSSR count). The molecule has 0 saturated carbocycles. The molecule has 2 saturated heterocycles. The van der Waals surface area contributed by atoms with Gasteiger partial charge in [-0.2, -0.15) is 0 Å². The van der Waals surface area contributed by atoms with Crippen LogP contribution >= 0.6 is 0 Å². The summed E-state index contributed by atoms with van der Waals surface area (Å²) < 4.78 is 11.2. The molecule has 2 amide bonds. The molecule has 1 aromatic rings. The number of ether oxygens (including phenoxy) is 2. The molecule has 0 spiro atoms. The largest absolute Gasteiger partial charge is 0.484 e. The number of nitrogens with one attached hydrogen (secondary N) is 1. The highest BCUT2D eigenvalue weighted by Gasteiger charge is 2.37. The standard InChI is InChI=1S/C20H29N3O5/c1-15(24)23-9-5-8-22(10-11-23)12-18-20(26)17(13-28-18)21-19(25)14-27-16-6-3-2-4-7-16/h2-4,6-7,17-18,20,26H,5,8-14H2,1H3,(H,21,25)/t17-,18-,20+/m0/s1. The second-order valence-corrected chi connectivity index (χ2v) is 7.30. The van der Waals surface area contributed by atoms with Crippen LogP contribution in [0.4, 0.5) is 0 Å². The van der Waals surface area contributed by atoms with Crippen molar-refractivity contribution in [2.45, 2.75) is 31.6 Å². The molecule has 0 unspecified atom stereocenters. The quantitative estimate of drug-likeness (QED) is 0.702. The minimum Gasteiger partial charge on any atom is -0.484 e. The molecule has 2 aliphatic rings. The van der Waals surface area contributed by atoms with E-state index in [2.05, 4.69) is 10.2 Å². The Hall–Kier alpha value is -2.16. The number of amides is 2. The van der Waals surface area contributed by atoms with Crippen molar-refractivity contribution in [2.24, 2.45) is 0 Å². The summed E-state index contributed by atoms with van der Waals surface area (Å²) in [4.78, 5) is 27.7. The molecular formula is C20H29N3O5. The van der Waals surface area contributed by atoms with E-state index in [-0.39, 0.29) is 31.1 Å². The van der Waals surface area contributed by atoms with Crippen LogP contribution in [0.25, 0.3) is 0 Å². The van der Waals surface area contributed by atoms with Crippen LogP contribution < -0.4 is 10.1 Å². The van der Waals surface area contributed by atoms with Gasteiger partial charge in [0.2, 0.25) is 5.91 Å². The van der Waals surface area contributed by atoms with E-state index in [4.69, 9.17) is 9.47 Å². The molecule has 2 fully saturated rings. The van der Waals surface area contributed by atoms with Crippen LogP contribution in [-0.2, 0) is 14.3 Å². The normalized spacial score (nSPS) is 25.9. The average Bonchev–Trinajstić information content (AvgIpc) is 2.89. The van der Waals surface area contributed by atoms with E-state index in [1.807, 2.05) is 23.1 Å². The molecule has 8 nitrogen and oxygen atoms in total. The Morgan fingerprint density at radius 1 is 1.21 bits per heavy atom. The average molecular weight is 391 g/mol. The number of aliphatic hydroxyl groups excluding tert-OH is 1. The zero-order valence-corrected chi connectivity index (χ0v) is 16.3. The lowest BCUT2D eigenvalue weighted by Gasteiger charge is -2.26. The van der Waals surface area contributed by atoms with Gasteiger partial charge >= 0.3 is 0 Å². The number of aliphatic hydroxyl groups is 1. The first kappa shape index (κ1) is 20.6. The Bertz CT molecular complexity index is 657. The second-order valence-electron chi connectivity index (χ2n) is 7.30. The van der Waals surface area contributed by atoms with Gasteiger partial charge < -0.3 is 24.8 Å². The molecular weight excluding hydrogens is 362 g/mol. The molecule has 1 aromatic carbocycles. The van der Waals surface area contributed by atoms with Crippen molar-refractivity contribution in [3.63, 3.8) is 0 Å². The Morgan fingerprint density at radius 2 is 2.00 bits per heavy atom. The number of rotatable bonds is 6. The van der Waals surface area contributed by atoms with Crippen LogP contribution in [0.2, 0.25) is 0 Å². The van der Waals surface area contributed by atoms with E-state index in [1.54, 1.807) is 19.1 Å². The first-order valence-electron chi connectivity index (χ1n) is 9.77. The number of carbonyl (C=O) groups excluding carboxylic acids is 2. The minimum absolute atomic E-state index is 0.0968. The van der Waals surface area contributed by atoms with Crippen molar-refractivity contribution in [1.82, 2.24) is 15.1 Å². The van der Waals surface area contributed by atoms with Gasteiger partial charge in [-0.1, -0.05) is 18.2 Å². The lowest BCUT2D eigenvalue weighted by Crippen LogP contribution is -2.48. The van der Waals surface area contributed by atoms with Crippen molar-refractivity contribution >= 4 is 11.8 Å². The van der Waals surface area contributed by atoms with Gasteiger partial charge in [0.05, 0.1) is 18.8 Å². The van der Waals surface area contributed by atoms with E-state index in [1.165, 1.54) is 0 Å². The summed E-state index contributed by atoms with van der Waals surface area (Å²) in [6, 6.07) is 8.67. The fraction of sp³-hybridized carbons (Fsp3) is 0.600. The number of nitrogens with zero attached hydrogens (tertiary/aromatic N) is 2. The highest BCUT2D eigenvalue weighted by atomic mass is 16.5. The van der Waals surface area contributed by atoms with Gasteiger partial charge in [0.1, 0.15) is 11.9 Å². The SMILES string of the molecule is CC(=O)N1CCCN(C[C@@H]2OC[C@H](NC(=O)COc3ccccc3)[C@H]2O)CC1. The third kappa shape index (κ3) is 5.67. The van der Waals surface area contributed by atoms with Crippen molar-refractivity contribution < 1.29 is 24.2 Å². The summed E-state index contributed by atoms with van der Waals surface area (Å²) in [5.41, 5.74) is 0. The Balaban J connectivity index is 1.42. The smallest absolute Gasteiger partial charge is 0.258 e. The van der Waals surface area contributed by atoms with Crippen LogP contribution in [0.5, 0.6) is 5.75 Å². The monoisotopic (exact) mass is 391 g/mol. The van der Waals surface area contributed by atoms with Gasteiger partial charge in [-0.05, 0) is 25.1 Å². The third-order valence-corrected chi connectivity index (χ3v) is 5.21. The second kappa shape index (κ2) is 9.86. The molecule has 2 N–H and O–H groups in total. The van der Waals surface area contributed by atoms with E-state index in [9.17, 15) is 14.7 Å². The lowest BCUT2D eigenvalue weighted by atomic mass is 10.1. The third-order valence-electron chi connectivity index (χ3n) is 5.21. The van der Waals surface area contributed by atoms with E-state index in [0.717, 1.165) is 26.1 Å². The van der Waals surface area contributed by atoms with Crippen molar-refractivity contribution in [2.75, 3.05) is 45.9 Å². The van der Waals surface area contributed by atoms with E-state index >= 15 is 0 Å². The van der Waals surface area contributed by atoms with Crippen LogP contribution in [0.15, 0.2) is 30.3 Å². The van der Waals surface area contributed by atoms with E-state index < -0.39 is 12.1 Å². The molecule has 0 aromatic heterocycles. The molecule has 2 aliphatic heterocycles. The topological polar surface area (TPSA) is 91.3 Å². The van der Waals surface area contributed by atoms with E-state index in [0.29, 0.717) is 18.8 Å². The predicted molar refractivity (Wildman–Crippen MR) is 103 cm³/mol. The molecule has 0 bridgehead atoms. The minimum atomic E-state index is -0.771. The number of benzene rings is 1. The Morgan fingerprint density at radius 3 is 2.75 bits per heavy atom. The molecule has 0 aliphatic carbocycles. The zero-order valence-electron chi connectivity index (χ0n) is 16.3. The molecule has 28 heavy (non-hydrogen) atoms. The van der Waals surface area contributed by atoms with Crippen LogP contribution in [0.3, 0.4) is 0 Å². The van der Waals surface area contributed by atoms with Crippen molar-refractivity contribution in [3.8, 4) is 5.75 Å². The molecule has 154 valence electrons. The fourth-order valence-electron chi connectivity index (χ4n) is 3.61. The maximum atomic E-state index is 12.1. The van der Waals surface area contributed by atoms with Gasteiger partial charge in [0.15, 0.2) is 6.61 Å². The maximum absolute atomic E-state index is 12.1. The van der Waals surface area contributed by atoms with Gasteiger partial charge in [-0.15, -0.1) is 0 Å². The molecule has 8 heteroatoms. The summed E-state index contributed by atoms with van der Waals surface area (Å²) in [7, 11) is 0. The first-order valence-corrected chi connectivity index (χ1v) is 9.77. The summed E-state index contributed by atoms with van der Waals surface area (Å²) in [5.74, 6) is 0.433. The summed E-state index contributed by atoms with van der Waals surface area (Å²) in [6.07, 6.45) is -0.226. The summed E-state index contributed by atoms with van der Waals surface area (Å²) >= 11 is 0. The molecule has 2 heterocycles. The van der Waals surface area contributed by atoms with Gasteiger partial charge in [0, 0.05) is 33.1 Å². The summed E-state index contributed by atoms with van der Waals surface area (Å²) in [6.45, 7) is 5.41. The highest BCUT2D eigenvalue weighted by Crippen LogP contribution is 2.17. The Labute approximate surface area is 165 Å². The zero-order chi connectivity index (χ0) is 19.9. The number of hydrogen-bond donors (Lipinski definition) is 2. The van der Waals surface area contributed by atoms with Gasteiger partial charge in [-0.25, -0.2) is 0 Å². The molecule has 0 radical (unpaired) electrons. The van der Waals surface area contributed by atoms with Crippen molar-refractivity contribution in [1.29, 1.82) is 0 Å². The van der Waals surface area contributed by atoms with Gasteiger partial charge in [-0.3, -0.25) is 14.5 Å². The summed E-state index contributed by atoms with van der Waals surface area (Å²) in [5, 5.41) is 13.3. The molecule has 3 atom stereocenters. The first-order chi connectivity index (χ1) is 13.5. The number of para-hydroxylation sites is 1. The van der Waals surface area contributed by atoms with Crippen molar-refractivity contribution in [3.05, 3.63) is 30.3 Å². The van der Waals surface area contributed by atoms with Crippen LogP contribution in [0, 0.1) is 0 Å². The maximum Gasteiger partial charge on any atom is 0.258 e. The lowest BCUT2D eigenvalue weighted by molar-refractivity contribution is -0.128. The number of carbonyl (C=O) groups is 2. The number of hydrogen-bond acceptors (Lipinski definition) is 6. The predicted octanol–water partition coefficient (Wildman–Crippen LogP) is -0.136. The fourth-order valence-corrected chi connectivity index (χ4v) is 3.61. The van der Waals surface area contributed by atoms with Crippen LogP contribution in [-0.4, -0.2) is 90.9 Å². The Kier molecular flexibility index (Phi) is 7.24. The van der Waals surface area contributed by atoms with Crippen LogP contribution in [0.1, 0.15) is 13.3 Å². The highest BCUT2D eigenvalue weighted by molar-refractivity contribution is 5.78.